The molecular formula is C18H25ClN4O2. The summed E-state index contributed by atoms with van der Waals surface area (Å²) in [7, 11) is 0. The molecule has 2 N–H and O–H groups in total. The molecule has 2 aliphatic rings. The normalized spacial score (nSPS) is 20.0. The van der Waals surface area contributed by atoms with Crippen LogP contribution in [-0.4, -0.2) is 65.5 Å². The number of nitrogens with one attached hydrogen (secondary N) is 1. The fourth-order valence-corrected chi connectivity index (χ4v) is 3.26. The van der Waals surface area contributed by atoms with Gasteiger partial charge in [-0.1, -0.05) is 23.7 Å². The van der Waals surface area contributed by atoms with Crippen LogP contribution in [0.25, 0.3) is 0 Å². The molecule has 0 spiro atoms. The van der Waals surface area contributed by atoms with E-state index in [0.717, 1.165) is 31.5 Å². The molecule has 1 aromatic carbocycles. The lowest BCUT2D eigenvalue weighted by molar-refractivity contribution is -0.135. The summed E-state index contributed by atoms with van der Waals surface area (Å²) in [6.45, 7) is 4.77. The molecule has 0 bridgehead atoms. The molecule has 1 atom stereocenters. The van der Waals surface area contributed by atoms with Crippen LogP contribution in [0.15, 0.2) is 29.3 Å². The fraction of sp³-hybridized carbons (Fsp3) is 0.556. The van der Waals surface area contributed by atoms with E-state index in [1.807, 2.05) is 28.9 Å². The van der Waals surface area contributed by atoms with Crippen molar-refractivity contribution in [3.05, 3.63) is 34.9 Å². The van der Waals surface area contributed by atoms with E-state index < -0.39 is 6.10 Å². The Morgan fingerprint density at radius 1 is 1.44 bits per heavy atom. The molecule has 1 saturated carbocycles. The Morgan fingerprint density at radius 3 is 2.88 bits per heavy atom. The largest absolute Gasteiger partial charge is 0.386 e. The van der Waals surface area contributed by atoms with Gasteiger partial charge in [-0.15, -0.1) is 0 Å². The number of aliphatic imine (C=N–C) groups is 1. The summed E-state index contributed by atoms with van der Waals surface area (Å²) >= 11 is 5.97. The number of halogens is 1. The topological polar surface area (TPSA) is 68.2 Å². The summed E-state index contributed by atoms with van der Waals surface area (Å²) in [5.41, 5.74) is 0.738. The molecule has 0 radical (unpaired) electrons. The zero-order valence-electron chi connectivity index (χ0n) is 14.5. The van der Waals surface area contributed by atoms with Crippen LogP contribution in [0.4, 0.5) is 0 Å². The number of carbonyl (C=O) groups excluding carboxylic acids is 1. The van der Waals surface area contributed by atoms with E-state index in [-0.39, 0.29) is 12.5 Å². The summed E-state index contributed by atoms with van der Waals surface area (Å²) in [6, 6.07) is 7.62. The van der Waals surface area contributed by atoms with E-state index in [1.54, 1.807) is 12.1 Å². The fourth-order valence-electron chi connectivity index (χ4n) is 3.06. The number of hydrogen-bond donors (Lipinski definition) is 2. The van der Waals surface area contributed by atoms with Gasteiger partial charge in [-0.3, -0.25) is 9.79 Å². The molecule has 1 aliphatic heterocycles. The third kappa shape index (κ3) is 4.64. The van der Waals surface area contributed by atoms with Gasteiger partial charge in [-0.25, -0.2) is 0 Å². The van der Waals surface area contributed by atoms with Gasteiger partial charge in [-0.2, -0.15) is 0 Å². The first-order valence-electron chi connectivity index (χ1n) is 8.84. The van der Waals surface area contributed by atoms with Gasteiger partial charge >= 0.3 is 0 Å². The van der Waals surface area contributed by atoms with Crippen LogP contribution < -0.4 is 5.32 Å². The predicted molar refractivity (Wildman–Crippen MR) is 98.7 cm³/mol. The Labute approximate surface area is 153 Å². The second-order valence-corrected chi connectivity index (χ2v) is 6.94. The number of hydrogen-bond acceptors (Lipinski definition) is 3. The third-order valence-corrected chi connectivity index (χ3v) is 4.76. The molecule has 6 nitrogen and oxygen atoms in total. The lowest BCUT2D eigenvalue weighted by atomic mass is 10.1. The number of aliphatic hydroxyl groups is 1. The minimum absolute atomic E-state index is 0.162. The van der Waals surface area contributed by atoms with Gasteiger partial charge in [0.2, 0.25) is 5.91 Å². The maximum Gasteiger partial charge on any atom is 0.242 e. The molecule has 136 valence electrons. The first kappa shape index (κ1) is 18.0. The molecule has 1 amide bonds. The molecule has 2 fully saturated rings. The SMILES string of the molecule is CCNC(=NCC(O)c1cccc(Cl)c1)N1CCN(C2CC2)C(=O)C1. The van der Waals surface area contributed by atoms with Crippen molar-refractivity contribution in [1.82, 2.24) is 15.1 Å². The first-order chi connectivity index (χ1) is 12.1. The number of amides is 1. The van der Waals surface area contributed by atoms with Crippen molar-refractivity contribution in [2.75, 3.05) is 32.7 Å². The smallest absolute Gasteiger partial charge is 0.242 e. The summed E-state index contributed by atoms with van der Waals surface area (Å²) in [5, 5.41) is 14.2. The second-order valence-electron chi connectivity index (χ2n) is 6.51. The predicted octanol–water partition coefficient (Wildman–Crippen LogP) is 1.65. The van der Waals surface area contributed by atoms with Gasteiger partial charge in [0.25, 0.3) is 0 Å². The Hall–Kier alpha value is -1.79. The van der Waals surface area contributed by atoms with Gasteiger partial charge in [0.1, 0.15) is 0 Å². The number of rotatable bonds is 5. The Balaban J connectivity index is 1.63. The number of aliphatic hydroxyl groups excluding tert-OH is 1. The van der Waals surface area contributed by atoms with Crippen molar-refractivity contribution in [2.24, 2.45) is 4.99 Å². The summed E-state index contributed by atoms with van der Waals surface area (Å²) in [4.78, 5) is 20.8. The molecule has 25 heavy (non-hydrogen) atoms. The molecule has 1 aromatic rings. The summed E-state index contributed by atoms with van der Waals surface area (Å²) in [5.74, 6) is 0.835. The Kier molecular flexibility index (Phi) is 5.81. The maximum absolute atomic E-state index is 12.3. The van der Waals surface area contributed by atoms with Crippen molar-refractivity contribution in [3.8, 4) is 0 Å². The summed E-state index contributed by atoms with van der Waals surface area (Å²) < 4.78 is 0. The zero-order valence-corrected chi connectivity index (χ0v) is 15.2. The van der Waals surface area contributed by atoms with Crippen LogP contribution >= 0.6 is 11.6 Å². The van der Waals surface area contributed by atoms with Crippen LogP contribution in [0, 0.1) is 0 Å². The van der Waals surface area contributed by atoms with E-state index in [9.17, 15) is 9.90 Å². The van der Waals surface area contributed by atoms with Crippen LogP contribution in [0.5, 0.6) is 0 Å². The number of piperazine rings is 1. The zero-order chi connectivity index (χ0) is 17.8. The highest BCUT2D eigenvalue weighted by Crippen LogP contribution is 2.28. The minimum Gasteiger partial charge on any atom is -0.386 e. The average molecular weight is 365 g/mol. The first-order valence-corrected chi connectivity index (χ1v) is 9.22. The maximum atomic E-state index is 12.3. The molecule has 3 rings (SSSR count). The average Bonchev–Trinajstić information content (AvgIpc) is 3.43. The van der Waals surface area contributed by atoms with Crippen LogP contribution in [0.3, 0.4) is 0 Å². The highest BCUT2D eigenvalue weighted by atomic mass is 35.5. The van der Waals surface area contributed by atoms with E-state index in [0.29, 0.717) is 30.1 Å². The molecular weight excluding hydrogens is 340 g/mol. The van der Waals surface area contributed by atoms with Gasteiger partial charge < -0.3 is 20.2 Å². The van der Waals surface area contributed by atoms with Crippen molar-refractivity contribution in [3.63, 3.8) is 0 Å². The molecule has 1 aliphatic carbocycles. The molecule has 0 aromatic heterocycles. The molecule has 1 saturated heterocycles. The minimum atomic E-state index is -0.726. The number of nitrogens with zero attached hydrogens (tertiary/aromatic N) is 3. The lowest BCUT2D eigenvalue weighted by Gasteiger charge is -2.36. The van der Waals surface area contributed by atoms with Crippen molar-refractivity contribution >= 4 is 23.5 Å². The third-order valence-electron chi connectivity index (χ3n) is 4.53. The van der Waals surface area contributed by atoms with Crippen molar-refractivity contribution < 1.29 is 9.90 Å². The van der Waals surface area contributed by atoms with Crippen LogP contribution in [0.1, 0.15) is 31.4 Å². The van der Waals surface area contributed by atoms with Crippen LogP contribution in [0.2, 0.25) is 5.02 Å². The number of carbonyl (C=O) groups is 1. The van der Waals surface area contributed by atoms with Gasteiger partial charge in [-0.05, 0) is 37.5 Å². The van der Waals surface area contributed by atoms with E-state index in [4.69, 9.17) is 11.6 Å². The lowest BCUT2D eigenvalue weighted by Crippen LogP contribution is -2.55. The van der Waals surface area contributed by atoms with E-state index in [1.165, 1.54) is 0 Å². The summed E-state index contributed by atoms with van der Waals surface area (Å²) in [6.07, 6.45) is 1.54. The quantitative estimate of drug-likeness (QED) is 0.615. The van der Waals surface area contributed by atoms with E-state index in [2.05, 4.69) is 10.3 Å². The van der Waals surface area contributed by atoms with Crippen molar-refractivity contribution in [2.45, 2.75) is 31.9 Å². The second kappa shape index (κ2) is 8.06. The van der Waals surface area contributed by atoms with Crippen molar-refractivity contribution in [1.29, 1.82) is 0 Å². The van der Waals surface area contributed by atoms with Gasteiger partial charge in [0.05, 0.1) is 19.2 Å². The Morgan fingerprint density at radius 2 is 2.24 bits per heavy atom. The Bertz CT molecular complexity index is 648. The monoisotopic (exact) mass is 364 g/mol. The van der Waals surface area contributed by atoms with E-state index >= 15 is 0 Å². The van der Waals surface area contributed by atoms with Crippen LogP contribution in [-0.2, 0) is 4.79 Å². The highest BCUT2D eigenvalue weighted by molar-refractivity contribution is 6.30. The van der Waals surface area contributed by atoms with Gasteiger partial charge in [0, 0.05) is 30.7 Å². The number of benzene rings is 1. The molecule has 7 heteroatoms. The number of guanidine groups is 1. The molecule has 1 unspecified atom stereocenters. The van der Waals surface area contributed by atoms with Gasteiger partial charge in [0.15, 0.2) is 5.96 Å². The highest BCUT2D eigenvalue weighted by Gasteiger charge is 2.36. The molecule has 1 heterocycles. The standard InChI is InChI=1S/C18H25ClN4O2/c1-2-20-18(21-11-16(24)13-4-3-5-14(19)10-13)22-8-9-23(15-6-7-15)17(25)12-22/h3-5,10,15-16,24H,2,6-9,11-12H2,1H3,(H,20,21).